The quantitative estimate of drug-likeness (QED) is 0.393. The monoisotopic (exact) mass is 336 g/mol. The van der Waals surface area contributed by atoms with Gasteiger partial charge in [0.15, 0.2) is 18.1 Å². The van der Waals surface area contributed by atoms with Gasteiger partial charge in [-0.05, 0) is 18.6 Å². The van der Waals surface area contributed by atoms with Crippen LogP contribution in [-0.2, 0) is 4.79 Å². The maximum atomic E-state index is 12.0. The fourth-order valence-corrected chi connectivity index (χ4v) is 2.04. The average molecular weight is 336 g/mol. The second-order valence-corrected chi connectivity index (χ2v) is 5.92. The maximum absolute atomic E-state index is 12.0. The summed E-state index contributed by atoms with van der Waals surface area (Å²) in [4.78, 5) is 36.0. The van der Waals surface area contributed by atoms with Crippen LogP contribution in [0, 0.1) is 16.0 Å². The molecule has 1 aromatic carbocycles. The lowest BCUT2D eigenvalue weighted by Gasteiger charge is -2.17. The number of amides is 1. The molecule has 0 N–H and O–H groups in total. The van der Waals surface area contributed by atoms with E-state index in [1.165, 1.54) is 23.1 Å². The lowest BCUT2D eigenvalue weighted by molar-refractivity contribution is -0.385. The van der Waals surface area contributed by atoms with E-state index >= 15 is 0 Å². The van der Waals surface area contributed by atoms with Gasteiger partial charge in [-0.2, -0.15) is 0 Å². The molecule has 0 unspecified atom stereocenters. The summed E-state index contributed by atoms with van der Waals surface area (Å²) >= 11 is 0. The van der Waals surface area contributed by atoms with Crippen molar-refractivity contribution < 1.29 is 19.2 Å². The Labute approximate surface area is 141 Å². The molecule has 0 radical (unpaired) electrons. The fraction of sp³-hybridized carbons (Fsp3) is 0.529. The number of nitrogens with zero attached hydrogens (tertiary/aromatic N) is 2. The smallest absolute Gasteiger partial charge is 0.311 e. The number of likely N-dealkylation sites (N-methyl/N-ethyl adjacent to an activating group) is 1. The summed E-state index contributed by atoms with van der Waals surface area (Å²) in [5.74, 6) is -0.706. The summed E-state index contributed by atoms with van der Waals surface area (Å²) in [5, 5.41) is 11.2. The second kappa shape index (κ2) is 9.00. The zero-order chi connectivity index (χ0) is 18.3. The van der Waals surface area contributed by atoms with E-state index in [0.717, 1.165) is 12.8 Å². The zero-order valence-electron chi connectivity index (χ0n) is 14.6. The third kappa shape index (κ3) is 5.33. The average Bonchev–Trinajstić information content (AvgIpc) is 2.56. The van der Waals surface area contributed by atoms with Crippen LogP contribution in [0.3, 0.4) is 0 Å². The Kier molecular flexibility index (Phi) is 7.35. The fourth-order valence-electron chi connectivity index (χ4n) is 2.04. The van der Waals surface area contributed by atoms with E-state index in [9.17, 15) is 19.7 Å². The molecule has 0 heterocycles. The van der Waals surface area contributed by atoms with Gasteiger partial charge in [-0.15, -0.1) is 0 Å². The van der Waals surface area contributed by atoms with Gasteiger partial charge in [0, 0.05) is 31.1 Å². The summed E-state index contributed by atoms with van der Waals surface area (Å²) in [6.45, 7) is 5.81. The number of carbonyl (C=O) groups excluding carboxylic acids is 2. The standard InChI is InChI=1S/C17H24N2O5/c1-5-6-9-18(4)16(20)11-24-15-8-7-13(17(21)12(2)3)10-14(15)19(22)23/h7-8,10,12H,5-6,9,11H2,1-4H3. The first-order valence-electron chi connectivity index (χ1n) is 7.97. The number of ketones is 1. The molecule has 1 amide bonds. The molecule has 7 nitrogen and oxygen atoms in total. The Morgan fingerprint density at radius 3 is 2.54 bits per heavy atom. The number of carbonyl (C=O) groups is 2. The first-order chi connectivity index (χ1) is 11.3. The number of hydrogen-bond donors (Lipinski definition) is 0. The summed E-state index contributed by atoms with van der Waals surface area (Å²) in [7, 11) is 1.67. The predicted octanol–water partition coefficient (Wildman–Crippen LogP) is 3.07. The summed E-state index contributed by atoms with van der Waals surface area (Å²) in [5.41, 5.74) is -0.0547. The molecule has 0 saturated heterocycles. The number of unbranched alkanes of at least 4 members (excludes halogenated alkanes) is 1. The van der Waals surface area contributed by atoms with Crippen molar-refractivity contribution in [3.05, 3.63) is 33.9 Å². The van der Waals surface area contributed by atoms with E-state index in [1.807, 2.05) is 6.92 Å². The molecule has 7 heteroatoms. The number of nitro benzene ring substituents is 1. The molecule has 0 spiro atoms. The summed E-state index contributed by atoms with van der Waals surface area (Å²) in [6, 6.07) is 4.05. The molecule has 1 rings (SSSR count). The maximum Gasteiger partial charge on any atom is 0.311 e. The van der Waals surface area contributed by atoms with Crippen molar-refractivity contribution in [2.24, 2.45) is 5.92 Å². The zero-order valence-corrected chi connectivity index (χ0v) is 14.6. The Morgan fingerprint density at radius 1 is 1.33 bits per heavy atom. The molecule has 0 atom stereocenters. The second-order valence-electron chi connectivity index (χ2n) is 5.92. The van der Waals surface area contributed by atoms with Gasteiger partial charge in [0.05, 0.1) is 4.92 Å². The third-order valence-corrected chi connectivity index (χ3v) is 3.59. The van der Waals surface area contributed by atoms with Crippen LogP contribution in [0.25, 0.3) is 0 Å². The van der Waals surface area contributed by atoms with Gasteiger partial charge in [-0.1, -0.05) is 27.2 Å². The van der Waals surface area contributed by atoms with Crippen molar-refractivity contribution in [2.75, 3.05) is 20.2 Å². The highest BCUT2D eigenvalue weighted by Crippen LogP contribution is 2.29. The highest BCUT2D eigenvalue weighted by molar-refractivity contribution is 5.98. The first-order valence-corrected chi connectivity index (χ1v) is 7.97. The van der Waals surface area contributed by atoms with E-state index in [1.54, 1.807) is 20.9 Å². The van der Waals surface area contributed by atoms with E-state index < -0.39 is 4.92 Å². The summed E-state index contributed by atoms with van der Waals surface area (Å²) in [6.07, 6.45) is 1.85. The van der Waals surface area contributed by atoms with Gasteiger partial charge in [0.25, 0.3) is 5.91 Å². The number of benzene rings is 1. The van der Waals surface area contributed by atoms with Crippen LogP contribution in [0.5, 0.6) is 5.75 Å². The van der Waals surface area contributed by atoms with Crippen molar-refractivity contribution in [1.29, 1.82) is 0 Å². The Bertz CT molecular complexity index is 613. The van der Waals surface area contributed by atoms with E-state index in [0.29, 0.717) is 6.54 Å². The van der Waals surface area contributed by atoms with Gasteiger partial charge >= 0.3 is 5.69 Å². The number of nitro groups is 1. The Balaban J connectivity index is 2.86. The lowest BCUT2D eigenvalue weighted by atomic mass is 10.0. The van der Waals surface area contributed by atoms with Gasteiger partial charge in [-0.25, -0.2) is 0 Å². The molecule has 132 valence electrons. The molecule has 0 aromatic heterocycles. The van der Waals surface area contributed by atoms with Gasteiger partial charge in [0.1, 0.15) is 0 Å². The number of Topliss-reactive ketones (excluding diaryl/α,β-unsaturated/α-hetero) is 1. The van der Waals surface area contributed by atoms with Crippen LogP contribution in [0.4, 0.5) is 5.69 Å². The van der Waals surface area contributed by atoms with Crippen molar-refractivity contribution in [2.45, 2.75) is 33.6 Å². The minimum absolute atomic E-state index is 0.0162. The van der Waals surface area contributed by atoms with Crippen LogP contribution >= 0.6 is 0 Å². The van der Waals surface area contributed by atoms with Crippen molar-refractivity contribution in [1.82, 2.24) is 4.90 Å². The predicted molar refractivity (Wildman–Crippen MR) is 90.3 cm³/mol. The number of hydrogen-bond acceptors (Lipinski definition) is 5. The van der Waals surface area contributed by atoms with Crippen LogP contribution < -0.4 is 4.74 Å². The third-order valence-electron chi connectivity index (χ3n) is 3.59. The van der Waals surface area contributed by atoms with Gasteiger partial charge in [-0.3, -0.25) is 19.7 Å². The topological polar surface area (TPSA) is 89.8 Å². The summed E-state index contributed by atoms with van der Waals surface area (Å²) < 4.78 is 5.31. The van der Waals surface area contributed by atoms with Crippen LogP contribution in [0.1, 0.15) is 44.0 Å². The van der Waals surface area contributed by atoms with E-state index in [2.05, 4.69) is 0 Å². The lowest BCUT2D eigenvalue weighted by Crippen LogP contribution is -2.32. The highest BCUT2D eigenvalue weighted by Gasteiger charge is 2.21. The molecule has 0 fully saturated rings. The van der Waals surface area contributed by atoms with Gasteiger partial charge < -0.3 is 9.64 Å². The van der Waals surface area contributed by atoms with Crippen LogP contribution in [0.2, 0.25) is 0 Å². The normalized spacial score (nSPS) is 10.5. The number of ether oxygens (including phenoxy) is 1. The Hall–Kier alpha value is -2.44. The minimum Gasteiger partial charge on any atom is -0.477 e. The molecule has 0 aliphatic rings. The molecule has 0 aliphatic carbocycles. The molecule has 0 bridgehead atoms. The van der Waals surface area contributed by atoms with Crippen molar-refractivity contribution >= 4 is 17.4 Å². The molecule has 24 heavy (non-hydrogen) atoms. The molecular weight excluding hydrogens is 312 g/mol. The van der Waals surface area contributed by atoms with E-state index in [4.69, 9.17) is 4.74 Å². The van der Waals surface area contributed by atoms with E-state index in [-0.39, 0.29) is 41.2 Å². The van der Waals surface area contributed by atoms with Gasteiger partial charge in [0.2, 0.25) is 0 Å². The molecular formula is C17H24N2O5. The van der Waals surface area contributed by atoms with Crippen LogP contribution in [-0.4, -0.2) is 41.7 Å². The first kappa shape index (κ1) is 19.6. The van der Waals surface area contributed by atoms with Crippen molar-refractivity contribution in [3.8, 4) is 5.75 Å². The van der Waals surface area contributed by atoms with Crippen molar-refractivity contribution in [3.63, 3.8) is 0 Å². The molecule has 0 aliphatic heterocycles. The Morgan fingerprint density at radius 2 is 2.00 bits per heavy atom. The molecule has 0 saturated carbocycles. The largest absolute Gasteiger partial charge is 0.477 e. The SMILES string of the molecule is CCCCN(C)C(=O)COc1ccc(C(=O)C(C)C)cc1[N+](=O)[O-]. The minimum atomic E-state index is -0.613. The molecule has 1 aromatic rings. The number of rotatable bonds is 9. The van der Waals surface area contributed by atoms with Crippen LogP contribution in [0.15, 0.2) is 18.2 Å². The highest BCUT2D eigenvalue weighted by atomic mass is 16.6.